The lowest BCUT2D eigenvalue weighted by Crippen LogP contribution is -2.36. The molecule has 0 bridgehead atoms. The molecule has 462 valence electrons. The fourth-order valence-electron chi connectivity index (χ4n) is 6.10. The van der Waals surface area contributed by atoms with Crippen molar-refractivity contribution in [2.75, 3.05) is 70.6 Å². The Morgan fingerprint density at radius 1 is 0.532 bits per heavy atom. The minimum atomic E-state index is 0.338. The van der Waals surface area contributed by atoms with Gasteiger partial charge in [-0.25, -0.2) is 0 Å². The van der Waals surface area contributed by atoms with E-state index in [0.29, 0.717) is 55.0 Å². The van der Waals surface area contributed by atoms with E-state index in [1.807, 2.05) is 141 Å². The van der Waals surface area contributed by atoms with Crippen LogP contribution in [-0.2, 0) is 14.4 Å². The predicted octanol–water partition coefficient (Wildman–Crippen LogP) is 16.1. The maximum absolute atomic E-state index is 5.16. The highest BCUT2D eigenvalue weighted by Crippen LogP contribution is 2.18. The van der Waals surface area contributed by atoms with Gasteiger partial charge in [0.15, 0.2) is 6.61 Å². The molecule has 14 nitrogen and oxygen atoms in total. The first kappa shape index (κ1) is 87.8. The van der Waals surface area contributed by atoms with E-state index < -0.39 is 0 Å². The molecule has 0 amide bonds. The topological polar surface area (TPSA) is 162 Å². The molecule has 7 aliphatic heterocycles. The molecule has 0 fully saturated rings. The van der Waals surface area contributed by atoms with Gasteiger partial charge in [0.05, 0.1) is 36.4 Å². The van der Waals surface area contributed by atoms with Crippen LogP contribution in [0.25, 0.3) is 0 Å². The summed E-state index contributed by atoms with van der Waals surface area (Å²) in [4.78, 5) is 30.7. The van der Waals surface area contributed by atoms with E-state index >= 15 is 0 Å². The number of nitrogens with zero attached hydrogens (tertiary/aromatic N) is 7. The summed E-state index contributed by atoms with van der Waals surface area (Å²) in [6, 6.07) is 1.91. The summed E-state index contributed by atoms with van der Waals surface area (Å²) in [5.41, 5.74) is 1.99. The number of aliphatic imine (C=N–C) groups is 5. The third kappa shape index (κ3) is 56.1. The molecule has 0 saturated carbocycles. The molecule has 0 spiro atoms. The van der Waals surface area contributed by atoms with Crippen LogP contribution in [0, 0.1) is 47.3 Å². The Balaban J connectivity index is -0.000000143. The van der Waals surface area contributed by atoms with Crippen molar-refractivity contribution in [3.63, 3.8) is 0 Å². The maximum atomic E-state index is 5.16. The molecule has 4 atom stereocenters. The highest BCUT2D eigenvalue weighted by molar-refractivity contribution is 8.14. The van der Waals surface area contributed by atoms with Gasteiger partial charge < -0.3 is 35.7 Å². The molecular formula is C61H133N11O3S2. The summed E-state index contributed by atoms with van der Waals surface area (Å²) in [6.07, 6.45) is 10.3. The van der Waals surface area contributed by atoms with Gasteiger partial charge in [0, 0.05) is 80.6 Å². The molecule has 77 heavy (non-hydrogen) atoms. The van der Waals surface area contributed by atoms with Crippen molar-refractivity contribution < 1.29 is 14.4 Å². The van der Waals surface area contributed by atoms with Crippen LogP contribution in [0.1, 0.15) is 220 Å². The SMILES string of the molecule is CC.CC.CC.CC.CC.CC.CC.CC(C)C1=NCCCN1.CC(C)C1=NOCCO1.CC(C)C1=NOCCS1.CC(C)C1CCN=CN1.CC(C)C1CCN=CN1.CC(C)C1CCSC=N1.CC(C)C1CN=CNC1. The average molecular weight is 1130 g/mol. The first-order valence-corrected chi connectivity index (χ1v) is 32.9. The Kier molecular flexibility index (Phi) is 78.8. The van der Waals surface area contributed by atoms with Crippen molar-refractivity contribution in [1.29, 1.82) is 0 Å². The van der Waals surface area contributed by atoms with E-state index in [9.17, 15) is 0 Å². The van der Waals surface area contributed by atoms with Crippen LogP contribution in [0.5, 0.6) is 0 Å². The van der Waals surface area contributed by atoms with Gasteiger partial charge in [-0.05, 0) is 55.3 Å². The number of thioether (sulfide) groups is 2. The van der Waals surface area contributed by atoms with Crippen molar-refractivity contribution in [3.8, 4) is 0 Å². The zero-order valence-corrected chi connectivity index (χ0v) is 57.6. The molecule has 0 aromatic heterocycles. The summed E-state index contributed by atoms with van der Waals surface area (Å²) in [5, 5.41) is 21.6. The molecule has 0 saturated heterocycles. The zero-order chi connectivity index (χ0) is 60.8. The minimum Gasteiger partial charge on any atom is -0.475 e. The van der Waals surface area contributed by atoms with Gasteiger partial charge in [0.25, 0.3) is 0 Å². The zero-order valence-electron chi connectivity index (χ0n) is 55.9. The number of amidine groups is 1. The summed E-state index contributed by atoms with van der Waals surface area (Å²) >= 11 is 3.62. The lowest BCUT2D eigenvalue weighted by Gasteiger charge is -2.22. The number of nitrogens with one attached hydrogen (secondary N) is 4. The smallest absolute Gasteiger partial charge is 0.228 e. The summed E-state index contributed by atoms with van der Waals surface area (Å²) in [6.45, 7) is 66.7. The van der Waals surface area contributed by atoms with E-state index in [4.69, 9.17) is 14.4 Å². The largest absolute Gasteiger partial charge is 0.475 e. The molecule has 0 aliphatic carbocycles. The third-order valence-electron chi connectivity index (χ3n) is 10.6. The molecule has 4 unspecified atom stereocenters. The normalized spacial score (nSPS) is 19.6. The standard InChI is InChI=1S/4C7H14N2.C7H13NS.C6H11NO2.C6H11NOS.7C2H6/c1-6(2)7-3-8-5-9-4-7;2*1-6(2)7-3-4-8-5-9-7;1-6(2)7-8-4-3-5-9-7;1-6(2)7-3-4-9-5-8-7;1-5(2)6-7-9-4-3-8-6;1-5(2)6-7-8-3-4-9-6;7*1-2/h3*5-7H,3-4H2,1-2H3,(H,8,9);6H,3-5H2,1-2H3,(H,8,9);5-7H,3-4H2,1-2H3;2*5H,3-4H2,1-2H3;7*1-2H3. The summed E-state index contributed by atoms with van der Waals surface area (Å²) in [7, 11) is 0. The summed E-state index contributed by atoms with van der Waals surface area (Å²) in [5.74, 6) is 9.33. The average Bonchev–Trinajstić information content (AvgIpc) is 3.51. The Morgan fingerprint density at radius 2 is 1.06 bits per heavy atom. The van der Waals surface area contributed by atoms with Gasteiger partial charge in [-0.2, -0.15) is 0 Å². The monoisotopic (exact) mass is 1130 g/mol. The second-order valence-corrected chi connectivity index (χ2v) is 20.6. The van der Waals surface area contributed by atoms with Crippen molar-refractivity contribution in [1.82, 2.24) is 21.3 Å². The predicted molar refractivity (Wildman–Crippen MR) is 357 cm³/mol. The highest BCUT2D eigenvalue weighted by Gasteiger charge is 2.16. The van der Waals surface area contributed by atoms with Crippen LogP contribution in [0.2, 0.25) is 0 Å². The van der Waals surface area contributed by atoms with Crippen LogP contribution in [0.4, 0.5) is 0 Å². The molecule has 16 heteroatoms. The maximum Gasteiger partial charge on any atom is 0.228 e. The first-order chi connectivity index (χ1) is 37.1. The van der Waals surface area contributed by atoms with E-state index in [0.717, 1.165) is 86.3 Å². The Hall–Kier alpha value is -3.01. The van der Waals surface area contributed by atoms with Crippen molar-refractivity contribution in [2.45, 2.75) is 238 Å². The fraction of sp³-hybridized carbons (Fsp3) is 0.885. The van der Waals surface area contributed by atoms with E-state index in [1.165, 1.54) is 37.3 Å². The van der Waals surface area contributed by atoms with Gasteiger partial charge in [0.1, 0.15) is 18.3 Å². The lowest BCUT2D eigenvalue weighted by molar-refractivity contribution is 0.0585. The van der Waals surface area contributed by atoms with Crippen molar-refractivity contribution in [2.24, 2.45) is 82.6 Å². The van der Waals surface area contributed by atoms with Crippen molar-refractivity contribution in [3.05, 3.63) is 0 Å². The van der Waals surface area contributed by atoms with Crippen LogP contribution in [0.15, 0.2) is 35.3 Å². The first-order valence-electron chi connectivity index (χ1n) is 30.9. The van der Waals surface area contributed by atoms with Gasteiger partial charge in [0.2, 0.25) is 5.90 Å². The Morgan fingerprint density at radius 3 is 1.30 bits per heavy atom. The van der Waals surface area contributed by atoms with Crippen LogP contribution >= 0.6 is 23.5 Å². The molecule has 4 N–H and O–H groups in total. The van der Waals surface area contributed by atoms with E-state index in [2.05, 4.69) is 140 Å². The van der Waals surface area contributed by atoms with E-state index in [1.54, 1.807) is 18.1 Å². The molecule has 0 aromatic rings. The fourth-order valence-corrected chi connectivity index (χ4v) is 7.63. The van der Waals surface area contributed by atoms with Crippen LogP contribution in [-0.4, -0.2) is 130 Å². The quantitative estimate of drug-likeness (QED) is 0.194. The van der Waals surface area contributed by atoms with Crippen LogP contribution in [0.3, 0.4) is 0 Å². The Bertz CT molecular complexity index is 1240. The van der Waals surface area contributed by atoms with Crippen LogP contribution < -0.4 is 21.3 Å². The van der Waals surface area contributed by atoms with Gasteiger partial charge in [-0.3, -0.25) is 25.0 Å². The molecular weight excluding hydrogens is 999 g/mol. The number of oxime groups is 2. The molecule has 7 rings (SSSR count). The number of hydrogen-bond donors (Lipinski definition) is 4. The lowest BCUT2D eigenvalue weighted by atomic mass is 9.95. The van der Waals surface area contributed by atoms with Crippen molar-refractivity contribution >= 4 is 64.9 Å². The summed E-state index contributed by atoms with van der Waals surface area (Å²) < 4.78 is 5.16. The number of rotatable bonds is 7. The molecule has 7 heterocycles. The number of hydrogen-bond acceptors (Lipinski definition) is 16. The highest BCUT2D eigenvalue weighted by atomic mass is 32.2. The molecule has 0 radical (unpaired) electrons. The second kappa shape index (κ2) is 69.1. The molecule has 0 aromatic carbocycles. The van der Waals surface area contributed by atoms with Gasteiger partial charge >= 0.3 is 0 Å². The van der Waals surface area contributed by atoms with Gasteiger partial charge in [-0.1, -0.05) is 204 Å². The van der Waals surface area contributed by atoms with Gasteiger partial charge in [-0.15, -0.1) is 23.5 Å². The van der Waals surface area contributed by atoms with E-state index in [-0.39, 0.29) is 0 Å². The molecule has 7 aliphatic rings. The third-order valence-corrected chi connectivity index (χ3v) is 12.6. The second-order valence-electron chi connectivity index (χ2n) is 18.5. The number of ether oxygens (including phenoxy) is 1. The Labute approximate surface area is 489 Å². The minimum absolute atomic E-state index is 0.338.